The minimum absolute atomic E-state index is 0.0595. The van der Waals surface area contributed by atoms with E-state index in [0.29, 0.717) is 10.8 Å². The molecule has 162 valence electrons. The van der Waals surface area contributed by atoms with Gasteiger partial charge in [-0.25, -0.2) is 0 Å². The molecule has 4 heterocycles. The van der Waals surface area contributed by atoms with Crippen LogP contribution in [-0.4, -0.2) is 66.8 Å². The Hall–Kier alpha value is -2.90. The zero-order valence-electron chi connectivity index (χ0n) is 18.5. The number of hydrogen-bond donors (Lipinski definition) is 0. The lowest BCUT2D eigenvalue weighted by Crippen LogP contribution is -2.70. The van der Waals surface area contributed by atoms with E-state index in [1.54, 1.807) is 38.2 Å². The lowest BCUT2D eigenvalue weighted by Gasteiger charge is -2.59. The number of likely N-dealkylation sites (tertiary alicyclic amines) is 2. The average molecular weight is 421 g/mol. The normalized spacial score (nSPS) is 18.1. The summed E-state index contributed by atoms with van der Waals surface area (Å²) in [5.41, 5.74) is 3.38. The molecule has 2 fully saturated rings. The monoisotopic (exact) mass is 420 g/mol. The molecule has 3 aromatic rings. The fraction of sp³-hybridized carbons (Fsp3) is 0.417. The molecule has 0 saturated carbocycles. The Morgan fingerprint density at radius 1 is 1.03 bits per heavy atom. The van der Waals surface area contributed by atoms with Gasteiger partial charge in [-0.05, 0) is 36.2 Å². The van der Waals surface area contributed by atoms with E-state index in [1.807, 2.05) is 24.4 Å². The zero-order valence-corrected chi connectivity index (χ0v) is 18.5. The first-order valence-corrected chi connectivity index (χ1v) is 10.5. The summed E-state index contributed by atoms with van der Waals surface area (Å²) in [5, 5.41) is 1.47. The summed E-state index contributed by atoms with van der Waals surface area (Å²) in [6.45, 7) is 5.40. The van der Waals surface area contributed by atoms with Crippen LogP contribution < -0.4 is 15.0 Å². The van der Waals surface area contributed by atoms with Crippen LogP contribution in [0.3, 0.4) is 0 Å². The van der Waals surface area contributed by atoms with E-state index in [-0.39, 0.29) is 5.56 Å². The number of methoxy groups -OCH3 is 2. The highest BCUT2D eigenvalue weighted by Gasteiger charge is 2.50. The molecule has 2 aliphatic heterocycles. The summed E-state index contributed by atoms with van der Waals surface area (Å²) in [7, 11) is 7.34. The van der Waals surface area contributed by atoms with E-state index in [4.69, 9.17) is 9.47 Å². The van der Waals surface area contributed by atoms with Gasteiger partial charge >= 0.3 is 0 Å². The third-order valence-electron chi connectivity index (χ3n) is 6.61. The SMILES string of the molecule is COc1cc(-c2cn(C)c(=O)c3cnccc23)cc(OC)c1CN1CC2(CN(C)C2)C1. The van der Waals surface area contributed by atoms with Crippen LogP contribution >= 0.6 is 0 Å². The van der Waals surface area contributed by atoms with Crippen molar-refractivity contribution in [3.8, 4) is 22.6 Å². The van der Waals surface area contributed by atoms with Crippen LogP contribution in [0.1, 0.15) is 5.56 Å². The predicted molar refractivity (Wildman–Crippen MR) is 121 cm³/mol. The van der Waals surface area contributed by atoms with Crippen molar-refractivity contribution in [2.24, 2.45) is 12.5 Å². The maximum atomic E-state index is 12.5. The van der Waals surface area contributed by atoms with Gasteiger partial charge in [0, 0.05) is 69.3 Å². The van der Waals surface area contributed by atoms with Crippen LogP contribution in [0.5, 0.6) is 11.5 Å². The van der Waals surface area contributed by atoms with E-state index in [0.717, 1.165) is 53.2 Å². The maximum absolute atomic E-state index is 12.5. The Bertz CT molecular complexity index is 1180. The molecule has 0 unspecified atom stereocenters. The van der Waals surface area contributed by atoms with Crippen LogP contribution in [-0.2, 0) is 13.6 Å². The lowest BCUT2D eigenvalue weighted by molar-refractivity contribution is -0.108. The molecule has 31 heavy (non-hydrogen) atoms. The van der Waals surface area contributed by atoms with Gasteiger partial charge in [0.25, 0.3) is 5.56 Å². The first kappa shape index (κ1) is 20.0. The van der Waals surface area contributed by atoms with Crippen LogP contribution in [0, 0.1) is 5.41 Å². The summed E-state index contributed by atoms with van der Waals surface area (Å²) < 4.78 is 13.2. The third kappa shape index (κ3) is 3.28. The molecule has 0 amide bonds. The standard InChI is InChI=1S/C24H28N4O3/c1-26-12-24(13-26)14-28(15-24)11-20-21(30-3)7-16(8-22(20)31-4)19-10-27(2)23(29)18-9-25-6-5-17(18)19/h5-10H,11-15H2,1-4H3. The smallest absolute Gasteiger partial charge is 0.259 e. The molecule has 0 bridgehead atoms. The van der Waals surface area contributed by atoms with Gasteiger partial charge in [0.1, 0.15) is 11.5 Å². The number of benzene rings is 1. The van der Waals surface area contributed by atoms with Crippen LogP contribution in [0.4, 0.5) is 0 Å². The van der Waals surface area contributed by atoms with Crippen molar-refractivity contribution >= 4 is 10.8 Å². The molecular formula is C24H28N4O3. The Labute approximate surface area is 181 Å². The number of ether oxygens (including phenoxy) is 2. The van der Waals surface area contributed by atoms with Crippen molar-refractivity contribution in [1.82, 2.24) is 19.4 Å². The Morgan fingerprint density at radius 2 is 1.71 bits per heavy atom. The van der Waals surface area contributed by atoms with Crippen LogP contribution in [0.25, 0.3) is 21.9 Å². The van der Waals surface area contributed by atoms with Gasteiger partial charge in [-0.15, -0.1) is 0 Å². The number of aromatic nitrogens is 2. The number of rotatable bonds is 5. The largest absolute Gasteiger partial charge is 0.496 e. The first-order chi connectivity index (χ1) is 14.9. The number of fused-ring (bicyclic) bond motifs is 1. The molecule has 5 rings (SSSR count). The van der Waals surface area contributed by atoms with E-state index < -0.39 is 0 Å². The van der Waals surface area contributed by atoms with E-state index in [2.05, 4.69) is 21.8 Å². The molecule has 0 atom stereocenters. The van der Waals surface area contributed by atoms with Gasteiger partial charge < -0.3 is 18.9 Å². The van der Waals surface area contributed by atoms with Crippen LogP contribution in [0.2, 0.25) is 0 Å². The molecule has 1 aromatic carbocycles. The Kier molecular flexibility index (Phi) is 4.75. The first-order valence-electron chi connectivity index (χ1n) is 10.5. The van der Waals surface area contributed by atoms with Crippen molar-refractivity contribution in [2.45, 2.75) is 6.54 Å². The lowest BCUT2D eigenvalue weighted by atomic mass is 9.73. The molecule has 1 spiro atoms. The van der Waals surface area contributed by atoms with Crippen molar-refractivity contribution < 1.29 is 9.47 Å². The fourth-order valence-electron chi connectivity index (χ4n) is 5.37. The van der Waals surface area contributed by atoms with Gasteiger partial charge in [0.15, 0.2) is 0 Å². The minimum Gasteiger partial charge on any atom is -0.496 e. The highest BCUT2D eigenvalue weighted by Crippen LogP contribution is 2.42. The highest BCUT2D eigenvalue weighted by atomic mass is 16.5. The third-order valence-corrected chi connectivity index (χ3v) is 6.61. The quantitative estimate of drug-likeness (QED) is 0.632. The summed E-state index contributed by atoms with van der Waals surface area (Å²) in [6.07, 6.45) is 5.21. The molecule has 0 aliphatic carbocycles. The van der Waals surface area contributed by atoms with Gasteiger partial charge in [-0.2, -0.15) is 0 Å². The summed E-state index contributed by atoms with van der Waals surface area (Å²) in [4.78, 5) is 21.5. The molecule has 7 nitrogen and oxygen atoms in total. The van der Waals surface area contributed by atoms with Crippen molar-refractivity contribution in [1.29, 1.82) is 0 Å². The number of pyridine rings is 2. The maximum Gasteiger partial charge on any atom is 0.259 e. The minimum atomic E-state index is -0.0595. The van der Waals surface area contributed by atoms with Crippen molar-refractivity contribution in [3.63, 3.8) is 0 Å². The van der Waals surface area contributed by atoms with Crippen LogP contribution in [0.15, 0.2) is 41.6 Å². The van der Waals surface area contributed by atoms with Gasteiger partial charge in [-0.3, -0.25) is 14.7 Å². The van der Waals surface area contributed by atoms with Gasteiger partial charge in [0.05, 0.1) is 25.2 Å². The van der Waals surface area contributed by atoms with E-state index in [9.17, 15) is 4.79 Å². The number of nitrogens with zero attached hydrogens (tertiary/aromatic N) is 4. The van der Waals surface area contributed by atoms with E-state index in [1.165, 1.54) is 13.1 Å². The summed E-state index contributed by atoms with van der Waals surface area (Å²) in [6, 6.07) is 5.97. The molecule has 2 aromatic heterocycles. The fourth-order valence-corrected chi connectivity index (χ4v) is 5.37. The Morgan fingerprint density at radius 3 is 2.32 bits per heavy atom. The molecule has 0 radical (unpaired) electrons. The second-order valence-corrected chi connectivity index (χ2v) is 9.06. The molecule has 2 aliphatic rings. The van der Waals surface area contributed by atoms with Crippen molar-refractivity contribution in [2.75, 3.05) is 47.4 Å². The zero-order chi connectivity index (χ0) is 21.8. The molecule has 0 N–H and O–H groups in total. The topological polar surface area (TPSA) is 59.8 Å². The highest BCUT2D eigenvalue weighted by molar-refractivity contribution is 5.95. The summed E-state index contributed by atoms with van der Waals surface area (Å²) in [5.74, 6) is 1.61. The molecular weight excluding hydrogens is 392 g/mol. The second kappa shape index (κ2) is 7.35. The molecule has 7 heteroatoms. The van der Waals surface area contributed by atoms with E-state index >= 15 is 0 Å². The number of hydrogen-bond acceptors (Lipinski definition) is 6. The number of aryl methyl sites for hydroxylation is 1. The van der Waals surface area contributed by atoms with Crippen molar-refractivity contribution in [3.05, 3.63) is 52.7 Å². The summed E-state index contributed by atoms with van der Waals surface area (Å²) >= 11 is 0. The predicted octanol–water partition coefficient (Wildman–Crippen LogP) is 2.37. The second-order valence-electron chi connectivity index (χ2n) is 9.06. The van der Waals surface area contributed by atoms with Gasteiger partial charge in [-0.1, -0.05) is 0 Å². The van der Waals surface area contributed by atoms with Gasteiger partial charge in [0.2, 0.25) is 0 Å². The Balaban J connectivity index is 1.53. The molecule has 2 saturated heterocycles. The average Bonchev–Trinajstić information content (AvgIpc) is 2.73.